The van der Waals surface area contributed by atoms with Crippen molar-refractivity contribution in [2.45, 2.75) is 58.4 Å². The van der Waals surface area contributed by atoms with Crippen LogP contribution in [0.3, 0.4) is 0 Å². The quantitative estimate of drug-likeness (QED) is 0.686. The van der Waals surface area contributed by atoms with E-state index in [9.17, 15) is 0 Å². The van der Waals surface area contributed by atoms with Crippen LogP contribution in [0, 0.1) is 0 Å². The number of hydrogen-bond donors (Lipinski definition) is 1. The van der Waals surface area contributed by atoms with Gasteiger partial charge in [-0.15, -0.1) is 0 Å². The SMILES string of the molecule is CCCCCCC(Cc1cncc(Br)c1)NCC. The number of nitrogens with zero attached hydrogens (tertiary/aromatic N) is 1. The second-order valence-electron chi connectivity index (χ2n) is 4.82. The molecular weight excluding hydrogens is 288 g/mol. The van der Waals surface area contributed by atoms with E-state index in [0.29, 0.717) is 6.04 Å². The largest absolute Gasteiger partial charge is 0.314 e. The number of likely N-dealkylation sites (N-methyl/N-ethyl adjacent to an activating group) is 1. The summed E-state index contributed by atoms with van der Waals surface area (Å²) in [5.74, 6) is 0. The minimum absolute atomic E-state index is 0.586. The van der Waals surface area contributed by atoms with Gasteiger partial charge >= 0.3 is 0 Å². The Hall–Kier alpha value is -0.410. The molecule has 0 fully saturated rings. The van der Waals surface area contributed by atoms with E-state index in [2.05, 4.69) is 46.1 Å². The van der Waals surface area contributed by atoms with E-state index in [0.717, 1.165) is 17.4 Å². The van der Waals surface area contributed by atoms with Crippen LogP contribution in [-0.4, -0.2) is 17.6 Å². The molecule has 0 saturated carbocycles. The van der Waals surface area contributed by atoms with Gasteiger partial charge in [-0.25, -0.2) is 0 Å². The average Bonchev–Trinajstić information content (AvgIpc) is 2.35. The van der Waals surface area contributed by atoms with Crippen LogP contribution in [0.15, 0.2) is 22.9 Å². The molecule has 18 heavy (non-hydrogen) atoms. The van der Waals surface area contributed by atoms with Crippen LogP contribution in [0.1, 0.15) is 51.5 Å². The molecule has 0 radical (unpaired) electrons. The molecule has 0 saturated heterocycles. The smallest absolute Gasteiger partial charge is 0.0410 e. The molecule has 3 heteroatoms. The molecule has 1 N–H and O–H groups in total. The van der Waals surface area contributed by atoms with E-state index in [1.165, 1.54) is 37.7 Å². The maximum absolute atomic E-state index is 4.23. The lowest BCUT2D eigenvalue weighted by Crippen LogP contribution is -2.31. The first-order valence-corrected chi connectivity index (χ1v) is 7.88. The van der Waals surface area contributed by atoms with Crippen molar-refractivity contribution in [1.29, 1.82) is 0 Å². The summed E-state index contributed by atoms with van der Waals surface area (Å²) in [4.78, 5) is 4.23. The fourth-order valence-corrected chi connectivity index (χ4v) is 2.65. The molecule has 0 bridgehead atoms. The summed E-state index contributed by atoms with van der Waals surface area (Å²) in [6, 6.07) is 2.76. The normalized spacial score (nSPS) is 12.6. The number of pyridine rings is 1. The minimum Gasteiger partial charge on any atom is -0.314 e. The topological polar surface area (TPSA) is 24.9 Å². The summed E-state index contributed by atoms with van der Waals surface area (Å²) < 4.78 is 1.07. The molecule has 2 nitrogen and oxygen atoms in total. The van der Waals surface area contributed by atoms with Crippen molar-refractivity contribution >= 4 is 15.9 Å². The molecule has 102 valence electrons. The Morgan fingerprint density at radius 1 is 1.22 bits per heavy atom. The van der Waals surface area contributed by atoms with Crippen LogP contribution in [0.5, 0.6) is 0 Å². The number of nitrogens with one attached hydrogen (secondary N) is 1. The Morgan fingerprint density at radius 3 is 2.72 bits per heavy atom. The van der Waals surface area contributed by atoms with E-state index in [-0.39, 0.29) is 0 Å². The second-order valence-corrected chi connectivity index (χ2v) is 5.74. The van der Waals surface area contributed by atoms with E-state index in [1.807, 2.05) is 12.4 Å². The highest BCUT2D eigenvalue weighted by atomic mass is 79.9. The van der Waals surface area contributed by atoms with Crippen LogP contribution in [0.25, 0.3) is 0 Å². The van der Waals surface area contributed by atoms with Gasteiger partial charge in [-0.1, -0.05) is 39.5 Å². The zero-order chi connectivity index (χ0) is 13.2. The van der Waals surface area contributed by atoms with Gasteiger partial charge in [-0.2, -0.15) is 0 Å². The maximum Gasteiger partial charge on any atom is 0.0410 e. The molecular formula is C15H25BrN2. The Kier molecular flexibility index (Phi) is 8.27. The number of unbranched alkanes of at least 4 members (excludes halogenated alkanes) is 3. The van der Waals surface area contributed by atoms with Crippen LogP contribution in [0.2, 0.25) is 0 Å². The number of hydrogen-bond acceptors (Lipinski definition) is 2. The van der Waals surface area contributed by atoms with Crippen molar-refractivity contribution in [2.24, 2.45) is 0 Å². The van der Waals surface area contributed by atoms with Crippen molar-refractivity contribution < 1.29 is 0 Å². The zero-order valence-electron chi connectivity index (χ0n) is 11.6. The molecule has 1 aromatic heterocycles. The van der Waals surface area contributed by atoms with Crippen molar-refractivity contribution in [3.63, 3.8) is 0 Å². The van der Waals surface area contributed by atoms with Gasteiger partial charge in [0.15, 0.2) is 0 Å². The first-order chi connectivity index (χ1) is 8.76. The lowest BCUT2D eigenvalue weighted by Gasteiger charge is -2.17. The summed E-state index contributed by atoms with van der Waals surface area (Å²) in [7, 11) is 0. The second kappa shape index (κ2) is 9.51. The van der Waals surface area contributed by atoms with Crippen molar-refractivity contribution in [3.05, 3.63) is 28.5 Å². The molecule has 1 unspecified atom stereocenters. The van der Waals surface area contributed by atoms with Gasteiger partial charge in [0.05, 0.1) is 0 Å². The van der Waals surface area contributed by atoms with Crippen LogP contribution >= 0.6 is 15.9 Å². The van der Waals surface area contributed by atoms with Gasteiger partial charge in [-0.05, 0) is 46.9 Å². The zero-order valence-corrected chi connectivity index (χ0v) is 13.2. The third-order valence-electron chi connectivity index (χ3n) is 3.14. The molecule has 1 heterocycles. The van der Waals surface area contributed by atoms with Gasteiger partial charge in [0, 0.05) is 22.9 Å². The molecule has 0 amide bonds. The molecule has 1 rings (SSSR count). The summed E-state index contributed by atoms with van der Waals surface area (Å²) in [6.07, 6.45) is 11.5. The van der Waals surface area contributed by atoms with Crippen LogP contribution in [0.4, 0.5) is 0 Å². The molecule has 0 aromatic carbocycles. The van der Waals surface area contributed by atoms with Crippen molar-refractivity contribution in [1.82, 2.24) is 10.3 Å². The van der Waals surface area contributed by atoms with Gasteiger partial charge in [-0.3, -0.25) is 4.98 Å². The molecule has 0 aliphatic rings. The lowest BCUT2D eigenvalue weighted by molar-refractivity contribution is 0.463. The Balaban J connectivity index is 2.41. The highest BCUT2D eigenvalue weighted by Crippen LogP contribution is 2.14. The maximum atomic E-state index is 4.23. The molecule has 1 atom stereocenters. The predicted octanol–water partition coefficient (Wildman–Crippen LogP) is 4.34. The summed E-state index contributed by atoms with van der Waals surface area (Å²) in [5, 5.41) is 3.58. The fourth-order valence-electron chi connectivity index (χ4n) is 2.23. The monoisotopic (exact) mass is 312 g/mol. The van der Waals surface area contributed by atoms with Crippen molar-refractivity contribution in [2.75, 3.05) is 6.54 Å². The highest BCUT2D eigenvalue weighted by molar-refractivity contribution is 9.10. The lowest BCUT2D eigenvalue weighted by atomic mass is 10.0. The van der Waals surface area contributed by atoms with Crippen molar-refractivity contribution in [3.8, 4) is 0 Å². The number of aromatic nitrogens is 1. The molecule has 0 aliphatic carbocycles. The van der Waals surface area contributed by atoms with Gasteiger partial charge < -0.3 is 5.32 Å². The van der Waals surface area contributed by atoms with Crippen LogP contribution in [-0.2, 0) is 6.42 Å². The van der Waals surface area contributed by atoms with E-state index in [1.54, 1.807) is 0 Å². The first-order valence-electron chi connectivity index (χ1n) is 7.09. The predicted molar refractivity (Wildman–Crippen MR) is 81.9 cm³/mol. The average molecular weight is 313 g/mol. The third kappa shape index (κ3) is 6.50. The minimum atomic E-state index is 0.586. The molecule has 1 aromatic rings. The Morgan fingerprint density at radius 2 is 2.06 bits per heavy atom. The number of halogens is 1. The summed E-state index contributed by atoms with van der Waals surface area (Å²) in [6.45, 7) is 5.48. The van der Waals surface area contributed by atoms with E-state index < -0.39 is 0 Å². The van der Waals surface area contributed by atoms with Crippen LogP contribution < -0.4 is 5.32 Å². The fraction of sp³-hybridized carbons (Fsp3) is 0.667. The molecule has 0 aliphatic heterocycles. The van der Waals surface area contributed by atoms with E-state index >= 15 is 0 Å². The van der Waals surface area contributed by atoms with Gasteiger partial charge in [0.1, 0.15) is 0 Å². The Bertz CT molecular complexity index is 328. The highest BCUT2D eigenvalue weighted by Gasteiger charge is 2.08. The third-order valence-corrected chi connectivity index (χ3v) is 3.58. The standard InChI is InChI=1S/C15H25BrN2/c1-3-5-6-7-8-15(18-4-2)10-13-9-14(16)12-17-11-13/h9,11-12,15,18H,3-8,10H2,1-2H3. The van der Waals surface area contributed by atoms with E-state index in [4.69, 9.17) is 0 Å². The molecule has 0 spiro atoms. The Labute approximate surface area is 120 Å². The van der Waals surface area contributed by atoms with Gasteiger partial charge in [0.25, 0.3) is 0 Å². The summed E-state index contributed by atoms with van der Waals surface area (Å²) in [5.41, 5.74) is 1.31. The summed E-state index contributed by atoms with van der Waals surface area (Å²) >= 11 is 3.48. The number of rotatable bonds is 9. The van der Waals surface area contributed by atoms with Gasteiger partial charge in [0.2, 0.25) is 0 Å². The first kappa shape index (κ1) is 15.6.